The summed E-state index contributed by atoms with van der Waals surface area (Å²) in [5.74, 6) is 0.743. The predicted octanol–water partition coefficient (Wildman–Crippen LogP) is -0.275. The monoisotopic (exact) mass is 239 g/mol. The van der Waals surface area contributed by atoms with Crippen LogP contribution in [0.3, 0.4) is 0 Å². The van der Waals surface area contributed by atoms with Gasteiger partial charge in [0.2, 0.25) is 11.8 Å². The summed E-state index contributed by atoms with van der Waals surface area (Å²) < 4.78 is 0. The van der Waals surface area contributed by atoms with Crippen molar-refractivity contribution in [2.45, 2.75) is 25.7 Å². The van der Waals surface area contributed by atoms with Gasteiger partial charge in [-0.05, 0) is 38.3 Å². The number of nitrogens with zero attached hydrogens (tertiary/aromatic N) is 1. The molecule has 0 aromatic rings. The van der Waals surface area contributed by atoms with Crippen LogP contribution >= 0.6 is 0 Å². The van der Waals surface area contributed by atoms with Crippen LogP contribution in [0.2, 0.25) is 0 Å². The molecule has 1 atom stereocenters. The average molecular weight is 239 g/mol. The summed E-state index contributed by atoms with van der Waals surface area (Å²) in [4.78, 5) is 25.0. The zero-order valence-corrected chi connectivity index (χ0v) is 10.2. The lowest BCUT2D eigenvalue weighted by atomic mass is 10.0. The highest BCUT2D eigenvalue weighted by Crippen LogP contribution is 2.15. The summed E-state index contributed by atoms with van der Waals surface area (Å²) in [5.41, 5.74) is 0. The van der Waals surface area contributed by atoms with Gasteiger partial charge in [-0.1, -0.05) is 0 Å². The Kier molecular flexibility index (Phi) is 4.36. The molecule has 2 fully saturated rings. The fourth-order valence-electron chi connectivity index (χ4n) is 2.47. The maximum atomic E-state index is 12.0. The normalized spacial score (nSPS) is 25.5. The van der Waals surface area contributed by atoms with Crippen LogP contribution in [0.1, 0.15) is 25.7 Å². The Morgan fingerprint density at radius 2 is 2.29 bits per heavy atom. The summed E-state index contributed by atoms with van der Waals surface area (Å²) in [5, 5.41) is 6.09. The molecule has 96 valence electrons. The van der Waals surface area contributed by atoms with Crippen LogP contribution in [-0.2, 0) is 9.59 Å². The number of nitrogens with one attached hydrogen (secondary N) is 2. The van der Waals surface area contributed by atoms with E-state index >= 15 is 0 Å². The lowest BCUT2D eigenvalue weighted by Gasteiger charge is -2.19. The highest BCUT2D eigenvalue weighted by Gasteiger charge is 2.21. The van der Waals surface area contributed by atoms with Crippen molar-refractivity contribution < 1.29 is 9.59 Å². The van der Waals surface area contributed by atoms with Crippen LogP contribution in [0, 0.1) is 5.92 Å². The van der Waals surface area contributed by atoms with E-state index in [1.54, 1.807) is 4.90 Å². The van der Waals surface area contributed by atoms with E-state index in [1.165, 1.54) is 6.42 Å². The lowest BCUT2D eigenvalue weighted by molar-refractivity contribution is -0.135. The minimum Gasteiger partial charge on any atom is -0.354 e. The third-order valence-corrected chi connectivity index (χ3v) is 3.54. The molecule has 17 heavy (non-hydrogen) atoms. The maximum absolute atomic E-state index is 12.0. The second kappa shape index (κ2) is 6.00. The van der Waals surface area contributed by atoms with Crippen molar-refractivity contribution in [3.05, 3.63) is 0 Å². The van der Waals surface area contributed by atoms with Crippen molar-refractivity contribution in [1.82, 2.24) is 15.5 Å². The quantitative estimate of drug-likeness (QED) is 0.712. The van der Waals surface area contributed by atoms with Gasteiger partial charge in [-0.2, -0.15) is 0 Å². The van der Waals surface area contributed by atoms with Crippen LogP contribution < -0.4 is 10.6 Å². The van der Waals surface area contributed by atoms with Gasteiger partial charge in [0.15, 0.2) is 0 Å². The summed E-state index contributed by atoms with van der Waals surface area (Å²) in [6.45, 7) is 3.75. The fourth-order valence-corrected chi connectivity index (χ4v) is 2.47. The number of rotatable bonds is 3. The van der Waals surface area contributed by atoms with Gasteiger partial charge in [0.1, 0.15) is 0 Å². The molecular weight excluding hydrogens is 218 g/mol. The molecule has 5 heteroatoms. The first-order valence-electron chi connectivity index (χ1n) is 6.51. The SMILES string of the molecule is O=C1CN(C(=O)CCC2CCNC2)CCCN1. The van der Waals surface area contributed by atoms with Gasteiger partial charge in [0.05, 0.1) is 6.54 Å². The van der Waals surface area contributed by atoms with E-state index in [1.807, 2.05) is 0 Å². The van der Waals surface area contributed by atoms with Crippen LogP contribution in [0.25, 0.3) is 0 Å². The van der Waals surface area contributed by atoms with Crippen molar-refractivity contribution in [2.75, 3.05) is 32.7 Å². The molecule has 2 rings (SSSR count). The molecule has 2 N–H and O–H groups in total. The lowest BCUT2D eigenvalue weighted by Crippen LogP contribution is -2.37. The molecule has 0 bridgehead atoms. The summed E-state index contributed by atoms with van der Waals surface area (Å²) in [6, 6.07) is 0. The van der Waals surface area contributed by atoms with E-state index in [2.05, 4.69) is 10.6 Å². The molecule has 0 aliphatic carbocycles. The Morgan fingerprint density at radius 1 is 1.41 bits per heavy atom. The maximum Gasteiger partial charge on any atom is 0.239 e. The first-order valence-corrected chi connectivity index (χ1v) is 6.51. The van der Waals surface area contributed by atoms with E-state index in [0.29, 0.717) is 25.4 Å². The van der Waals surface area contributed by atoms with Crippen molar-refractivity contribution in [3.63, 3.8) is 0 Å². The molecule has 0 saturated carbocycles. The van der Waals surface area contributed by atoms with Gasteiger partial charge in [-0.3, -0.25) is 9.59 Å². The second-order valence-corrected chi connectivity index (χ2v) is 4.92. The zero-order chi connectivity index (χ0) is 12.1. The number of carbonyl (C=O) groups is 2. The summed E-state index contributed by atoms with van der Waals surface area (Å²) in [7, 11) is 0. The molecule has 2 heterocycles. The van der Waals surface area contributed by atoms with Gasteiger partial charge in [0, 0.05) is 19.5 Å². The first kappa shape index (κ1) is 12.4. The van der Waals surface area contributed by atoms with Gasteiger partial charge in [0.25, 0.3) is 0 Å². The van der Waals surface area contributed by atoms with Gasteiger partial charge < -0.3 is 15.5 Å². The van der Waals surface area contributed by atoms with Crippen LogP contribution in [-0.4, -0.2) is 49.4 Å². The highest BCUT2D eigenvalue weighted by atomic mass is 16.2. The molecule has 1 unspecified atom stereocenters. The standard InChI is InChI=1S/C12H21N3O2/c16-11-9-15(7-1-5-14-11)12(17)3-2-10-4-6-13-8-10/h10,13H,1-9H2,(H,14,16). The third kappa shape index (κ3) is 3.70. The van der Waals surface area contributed by atoms with E-state index in [-0.39, 0.29) is 18.4 Å². The first-order chi connectivity index (χ1) is 8.25. The van der Waals surface area contributed by atoms with Crippen LogP contribution in [0.5, 0.6) is 0 Å². The van der Waals surface area contributed by atoms with Gasteiger partial charge in [-0.25, -0.2) is 0 Å². The molecule has 2 aliphatic heterocycles. The smallest absolute Gasteiger partial charge is 0.239 e. The van der Waals surface area contributed by atoms with E-state index < -0.39 is 0 Å². The van der Waals surface area contributed by atoms with Crippen LogP contribution in [0.15, 0.2) is 0 Å². The topological polar surface area (TPSA) is 61.4 Å². The van der Waals surface area contributed by atoms with Crippen molar-refractivity contribution >= 4 is 11.8 Å². The van der Waals surface area contributed by atoms with E-state index in [0.717, 1.165) is 25.9 Å². The van der Waals surface area contributed by atoms with Crippen molar-refractivity contribution in [3.8, 4) is 0 Å². The molecule has 0 aromatic heterocycles. The van der Waals surface area contributed by atoms with Crippen molar-refractivity contribution in [2.24, 2.45) is 5.92 Å². The number of hydrogen-bond donors (Lipinski definition) is 2. The predicted molar refractivity (Wildman–Crippen MR) is 64.4 cm³/mol. The Labute approximate surface area is 102 Å². The number of amides is 2. The van der Waals surface area contributed by atoms with Gasteiger partial charge in [-0.15, -0.1) is 0 Å². The molecule has 0 aromatic carbocycles. The van der Waals surface area contributed by atoms with Crippen molar-refractivity contribution in [1.29, 1.82) is 0 Å². The Morgan fingerprint density at radius 3 is 3.06 bits per heavy atom. The Bertz CT molecular complexity index is 287. The summed E-state index contributed by atoms with van der Waals surface area (Å²) >= 11 is 0. The molecule has 0 radical (unpaired) electrons. The van der Waals surface area contributed by atoms with Crippen LogP contribution in [0.4, 0.5) is 0 Å². The Balaban J connectivity index is 1.75. The third-order valence-electron chi connectivity index (χ3n) is 3.54. The zero-order valence-electron chi connectivity index (χ0n) is 10.2. The molecule has 2 aliphatic rings. The summed E-state index contributed by atoms with van der Waals surface area (Å²) in [6.07, 6.45) is 3.57. The molecule has 5 nitrogen and oxygen atoms in total. The van der Waals surface area contributed by atoms with Gasteiger partial charge >= 0.3 is 0 Å². The van der Waals surface area contributed by atoms with E-state index in [9.17, 15) is 9.59 Å². The fraction of sp³-hybridized carbons (Fsp3) is 0.833. The second-order valence-electron chi connectivity index (χ2n) is 4.92. The largest absolute Gasteiger partial charge is 0.354 e. The minimum absolute atomic E-state index is 0.0293. The molecule has 2 amide bonds. The van der Waals surface area contributed by atoms with E-state index in [4.69, 9.17) is 0 Å². The average Bonchev–Trinajstić information content (AvgIpc) is 2.74. The molecule has 2 saturated heterocycles. The minimum atomic E-state index is -0.0293. The Hall–Kier alpha value is -1.10. The highest BCUT2D eigenvalue weighted by molar-refractivity contribution is 5.85. The molecule has 0 spiro atoms. The molecular formula is C12H21N3O2. The number of carbonyl (C=O) groups excluding carboxylic acids is 2. The number of hydrogen-bond acceptors (Lipinski definition) is 3.